The third-order valence-electron chi connectivity index (χ3n) is 3.26. The summed E-state index contributed by atoms with van der Waals surface area (Å²) in [4.78, 5) is 5.92. The summed E-state index contributed by atoms with van der Waals surface area (Å²) in [7, 11) is 1.86. The zero-order valence-corrected chi connectivity index (χ0v) is 14.4. The molecule has 0 spiro atoms. The predicted octanol–water partition coefficient (Wildman–Crippen LogP) is 4.28. The second kappa shape index (κ2) is 7.94. The van der Waals surface area contributed by atoms with Crippen LogP contribution in [0, 0.1) is 0 Å². The summed E-state index contributed by atoms with van der Waals surface area (Å²) in [6.07, 6.45) is 4.56. The summed E-state index contributed by atoms with van der Waals surface area (Å²) in [5.74, 6) is 2.43. The van der Waals surface area contributed by atoms with Gasteiger partial charge in [-0.2, -0.15) is 4.99 Å². The highest BCUT2D eigenvalue weighted by atomic mass is 32.2. The number of benzene rings is 1. The van der Waals surface area contributed by atoms with Crippen molar-refractivity contribution in [2.24, 2.45) is 4.99 Å². The molecule has 0 saturated carbocycles. The van der Waals surface area contributed by atoms with Gasteiger partial charge in [0, 0.05) is 24.6 Å². The van der Waals surface area contributed by atoms with Crippen LogP contribution in [0.15, 0.2) is 58.1 Å². The molecule has 1 N–H and O–H groups in total. The van der Waals surface area contributed by atoms with Crippen LogP contribution in [0.4, 0.5) is 0 Å². The molecule has 5 heteroatoms. The molecular weight excluding hydrogens is 294 g/mol. The van der Waals surface area contributed by atoms with Gasteiger partial charge in [-0.3, -0.25) is 4.31 Å². The van der Waals surface area contributed by atoms with Crippen molar-refractivity contribution in [2.45, 2.75) is 38.6 Å². The third-order valence-corrected chi connectivity index (χ3v) is 4.47. The number of hydrogen-bond donors (Lipinski definition) is 1. The van der Waals surface area contributed by atoms with Gasteiger partial charge in [-0.1, -0.05) is 25.1 Å². The first-order chi connectivity index (χ1) is 10.7. The van der Waals surface area contributed by atoms with Gasteiger partial charge in [0.05, 0.1) is 6.54 Å². The highest BCUT2D eigenvalue weighted by molar-refractivity contribution is 7.97. The maximum Gasteiger partial charge on any atom is 0.216 e. The number of nitrogens with one attached hydrogen (secondary N) is 1. The highest BCUT2D eigenvalue weighted by Crippen LogP contribution is 2.35. The average Bonchev–Trinajstić information content (AvgIpc) is 2.97. The minimum absolute atomic E-state index is 0.623. The van der Waals surface area contributed by atoms with Gasteiger partial charge < -0.3 is 10.1 Å². The van der Waals surface area contributed by atoms with E-state index in [0.717, 1.165) is 24.6 Å². The molecule has 22 heavy (non-hydrogen) atoms. The second-order valence-electron chi connectivity index (χ2n) is 4.88. The molecule has 1 aromatic rings. The van der Waals surface area contributed by atoms with E-state index in [1.807, 2.05) is 33.2 Å². The van der Waals surface area contributed by atoms with Crippen molar-refractivity contribution in [3.63, 3.8) is 0 Å². The molecule has 0 aliphatic carbocycles. The molecule has 0 unspecified atom stereocenters. The second-order valence-corrected chi connectivity index (χ2v) is 5.94. The molecule has 0 fully saturated rings. The fourth-order valence-electron chi connectivity index (χ4n) is 2.07. The van der Waals surface area contributed by atoms with Crippen LogP contribution in [0.1, 0.15) is 32.8 Å². The van der Waals surface area contributed by atoms with E-state index >= 15 is 0 Å². The first kappa shape index (κ1) is 16.5. The van der Waals surface area contributed by atoms with Gasteiger partial charge in [-0.05, 0) is 43.5 Å². The van der Waals surface area contributed by atoms with Crippen molar-refractivity contribution in [1.29, 1.82) is 0 Å². The Hall–Kier alpha value is -1.88. The lowest BCUT2D eigenvalue weighted by molar-refractivity contribution is 0.287. The van der Waals surface area contributed by atoms with Gasteiger partial charge in [0.15, 0.2) is 0 Å². The summed E-state index contributed by atoms with van der Waals surface area (Å²) in [5.41, 5.74) is 1.34. The lowest BCUT2D eigenvalue weighted by Crippen LogP contribution is -2.17. The van der Waals surface area contributed by atoms with Gasteiger partial charge in [-0.15, -0.1) is 0 Å². The van der Waals surface area contributed by atoms with E-state index < -0.39 is 0 Å². The summed E-state index contributed by atoms with van der Waals surface area (Å²) in [6.45, 7) is 6.88. The molecular formula is C17H23N3OS. The SMILES string of the molecule is C/C=C(\N=C(/C)N1Cc2ccccc2S1)O/C(=C/NC)CC. The Balaban J connectivity index is 2.07. The molecule has 0 aromatic heterocycles. The number of hydrogen-bond acceptors (Lipinski definition) is 4. The number of aliphatic imine (C=N–C) groups is 1. The largest absolute Gasteiger partial charge is 0.442 e. The number of nitrogens with zero attached hydrogens (tertiary/aromatic N) is 2. The summed E-state index contributed by atoms with van der Waals surface area (Å²) >= 11 is 1.72. The van der Waals surface area contributed by atoms with Gasteiger partial charge in [0.25, 0.3) is 0 Å². The molecule has 2 rings (SSSR count). The van der Waals surface area contributed by atoms with E-state index in [-0.39, 0.29) is 0 Å². The van der Waals surface area contributed by atoms with E-state index in [1.54, 1.807) is 11.9 Å². The van der Waals surface area contributed by atoms with Crippen LogP contribution in [0.5, 0.6) is 0 Å². The third kappa shape index (κ3) is 4.07. The van der Waals surface area contributed by atoms with Crippen molar-refractivity contribution in [3.05, 3.63) is 53.7 Å². The Morgan fingerprint density at radius 1 is 1.45 bits per heavy atom. The number of allylic oxidation sites excluding steroid dienone is 2. The molecule has 0 atom stereocenters. The van der Waals surface area contributed by atoms with Crippen LogP contribution in [0.3, 0.4) is 0 Å². The maximum atomic E-state index is 5.83. The fraction of sp³-hybridized carbons (Fsp3) is 0.353. The Morgan fingerprint density at radius 3 is 2.86 bits per heavy atom. The van der Waals surface area contributed by atoms with Crippen LogP contribution in [0.25, 0.3) is 0 Å². The van der Waals surface area contributed by atoms with Crippen LogP contribution in [-0.4, -0.2) is 17.2 Å². The molecule has 1 aliphatic heterocycles. The van der Waals surface area contributed by atoms with E-state index in [4.69, 9.17) is 4.74 Å². The molecule has 1 aromatic carbocycles. The van der Waals surface area contributed by atoms with Crippen molar-refractivity contribution in [1.82, 2.24) is 9.62 Å². The lowest BCUT2D eigenvalue weighted by atomic mass is 10.2. The normalized spacial score (nSPS) is 15.8. The van der Waals surface area contributed by atoms with Crippen LogP contribution >= 0.6 is 11.9 Å². The fourth-order valence-corrected chi connectivity index (χ4v) is 3.07. The molecule has 0 saturated heterocycles. The molecule has 1 aliphatic rings. The molecule has 0 amide bonds. The topological polar surface area (TPSA) is 36.9 Å². The molecule has 1 heterocycles. The Labute approximate surface area is 137 Å². The Bertz CT molecular complexity index is 583. The standard InChI is InChI=1S/C17H23N3OS/c1-5-15(11-18-4)21-17(6-2)19-13(3)20-12-14-9-7-8-10-16(14)22-20/h6-11,18H,5,12H2,1-4H3/b15-11+,17-6+,19-13+. The highest BCUT2D eigenvalue weighted by Gasteiger charge is 2.20. The average molecular weight is 317 g/mol. The van der Waals surface area contributed by atoms with Crippen LogP contribution < -0.4 is 5.32 Å². The molecule has 118 valence electrons. The minimum atomic E-state index is 0.623. The first-order valence-electron chi connectivity index (χ1n) is 7.47. The van der Waals surface area contributed by atoms with E-state index in [2.05, 4.69) is 45.8 Å². The van der Waals surface area contributed by atoms with Crippen molar-refractivity contribution in [3.8, 4) is 0 Å². The first-order valence-corrected chi connectivity index (χ1v) is 8.24. The van der Waals surface area contributed by atoms with E-state index in [0.29, 0.717) is 5.88 Å². The van der Waals surface area contributed by atoms with Gasteiger partial charge in [-0.25, -0.2) is 0 Å². The van der Waals surface area contributed by atoms with Crippen molar-refractivity contribution in [2.75, 3.05) is 7.05 Å². The van der Waals surface area contributed by atoms with Crippen molar-refractivity contribution < 1.29 is 4.74 Å². The molecule has 0 radical (unpaired) electrons. The van der Waals surface area contributed by atoms with Crippen LogP contribution in [-0.2, 0) is 11.3 Å². The summed E-state index contributed by atoms with van der Waals surface area (Å²) in [6, 6.07) is 8.45. The predicted molar refractivity (Wildman–Crippen MR) is 93.2 cm³/mol. The maximum absolute atomic E-state index is 5.83. The number of fused-ring (bicyclic) bond motifs is 1. The van der Waals surface area contributed by atoms with Gasteiger partial charge >= 0.3 is 0 Å². The number of ether oxygens (including phenoxy) is 1. The Morgan fingerprint density at radius 2 is 2.23 bits per heavy atom. The monoisotopic (exact) mass is 317 g/mol. The van der Waals surface area contributed by atoms with E-state index in [1.165, 1.54) is 10.5 Å². The molecule has 4 nitrogen and oxygen atoms in total. The zero-order valence-electron chi connectivity index (χ0n) is 13.6. The smallest absolute Gasteiger partial charge is 0.216 e. The van der Waals surface area contributed by atoms with Crippen LogP contribution in [0.2, 0.25) is 0 Å². The number of amidine groups is 1. The number of rotatable bonds is 5. The molecule has 0 bridgehead atoms. The minimum Gasteiger partial charge on any atom is -0.442 e. The van der Waals surface area contributed by atoms with Crippen molar-refractivity contribution >= 4 is 17.8 Å². The van der Waals surface area contributed by atoms with Gasteiger partial charge in [0.1, 0.15) is 11.6 Å². The van der Waals surface area contributed by atoms with Gasteiger partial charge in [0.2, 0.25) is 5.88 Å². The quantitative estimate of drug-likeness (QED) is 0.381. The van der Waals surface area contributed by atoms with E-state index in [9.17, 15) is 0 Å². The lowest BCUT2D eigenvalue weighted by Gasteiger charge is -2.16. The zero-order chi connectivity index (χ0) is 15.9. The Kier molecular flexibility index (Phi) is 5.95. The summed E-state index contributed by atoms with van der Waals surface area (Å²) < 4.78 is 8.02. The summed E-state index contributed by atoms with van der Waals surface area (Å²) in [5, 5.41) is 2.99.